The minimum Gasteiger partial charge on any atom is -0.462 e. The van der Waals surface area contributed by atoms with Crippen LogP contribution < -0.4 is 0 Å². The molecule has 0 radical (unpaired) electrons. The van der Waals surface area contributed by atoms with E-state index in [9.17, 15) is 4.79 Å². The van der Waals surface area contributed by atoms with E-state index < -0.39 is 0 Å². The molecule has 2 saturated carbocycles. The smallest absolute Gasteiger partial charge is 0.311 e. The Labute approximate surface area is 167 Å². The third-order valence-electron chi connectivity index (χ3n) is 9.08. The van der Waals surface area contributed by atoms with Gasteiger partial charge in [0.05, 0.1) is 25.2 Å². The lowest BCUT2D eigenvalue weighted by atomic mass is 9.53. The summed E-state index contributed by atoms with van der Waals surface area (Å²) in [6.45, 7) is 8.78. The van der Waals surface area contributed by atoms with Gasteiger partial charge in [0.1, 0.15) is 11.7 Å². The summed E-state index contributed by atoms with van der Waals surface area (Å²) in [5.74, 6) is 0.413. The maximum absolute atomic E-state index is 12.9. The fourth-order valence-corrected chi connectivity index (χ4v) is 7.58. The number of ether oxygens (including phenoxy) is 4. The number of esters is 1. The summed E-state index contributed by atoms with van der Waals surface area (Å²) in [7, 11) is 0. The summed E-state index contributed by atoms with van der Waals surface area (Å²) in [4.78, 5) is 15.3. The molecule has 6 heteroatoms. The third-order valence-corrected chi connectivity index (χ3v) is 9.08. The van der Waals surface area contributed by atoms with E-state index >= 15 is 0 Å². The highest BCUT2D eigenvalue weighted by Crippen LogP contribution is 2.70. The molecule has 4 heterocycles. The Balaban J connectivity index is 1.18. The molecule has 0 N–H and O–H groups in total. The molecule has 6 nitrogen and oxygen atoms in total. The molecule has 0 bridgehead atoms. The van der Waals surface area contributed by atoms with Crippen molar-refractivity contribution in [3.05, 3.63) is 0 Å². The number of likely N-dealkylation sites (tertiary alicyclic amines) is 1. The Morgan fingerprint density at radius 2 is 1.89 bits per heavy atom. The molecule has 6 rings (SSSR count). The summed E-state index contributed by atoms with van der Waals surface area (Å²) in [6.07, 6.45) is 6.73. The molecule has 2 aliphatic carbocycles. The van der Waals surface area contributed by atoms with Gasteiger partial charge in [-0.05, 0) is 25.2 Å². The Kier molecular flexibility index (Phi) is 3.84. The first-order chi connectivity index (χ1) is 13.5. The first kappa shape index (κ1) is 18.1. The molecule has 0 aromatic carbocycles. The van der Waals surface area contributed by atoms with Crippen LogP contribution in [0.25, 0.3) is 0 Å². The molecule has 7 atom stereocenters. The number of nitrogens with zero attached hydrogens (tertiary/aromatic N) is 1. The topological polar surface area (TPSA) is 60.5 Å². The summed E-state index contributed by atoms with van der Waals surface area (Å²) in [5.41, 5.74) is 0.163. The van der Waals surface area contributed by atoms with Crippen LogP contribution in [-0.4, -0.2) is 67.3 Å². The predicted molar refractivity (Wildman–Crippen MR) is 101 cm³/mol. The van der Waals surface area contributed by atoms with E-state index in [1.54, 1.807) is 0 Å². The van der Waals surface area contributed by atoms with Crippen LogP contribution in [-0.2, 0) is 23.7 Å². The SMILES string of the molecule is C[C@H]1CCC[C@]2(C)C[C@H]3OC(=O)[C@@H](CN4CCC5(CC4)OCCO5)[C@H]3[C@@H]3O[C@@]132. The standard InChI is InChI=1S/C22H33NO5/c1-14-4-3-5-20(2)12-16-17(18-22(14,20)28-18)15(19(24)27-16)13-23-8-6-21(7-9-23)25-10-11-26-21/h14-18H,3-13H2,1-2H3/t14-,15-,16+,17+,18-,20+,22-/m0/s1. The van der Waals surface area contributed by atoms with Gasteiger partial charge in [0, 0.05) is 43.8 Å². The number of hydrogen-bond acceptors (Lipinski definition) is 6. The highest BCUT2D eigenvalue weighted by molar-refractivity contribution is 5.76. The van der Waals surface area contributed by atoms with Gasteiger partial charge in [-0.15, -0.1) is 0 Å². The highest BCUT2D eigenvalue weighted by Gasteiger charge is 2.78. The summed E-state index contributed by atoms with van der Waals surface area (Å²) < 4.78 is 24.2. The van der Waals surface area contributed by atoms with Crippen LogP contribution in [0.5, 0.6) is 0 Å². The zero-order valence-corrected chi connectivity index (χ0v) is 17.2. The van der Waals surface area contributed by atoms with Gasteiger partial charge in [-0.2, -0.15) is 0 Å². The average molecular weight is 392 g/mol. The fraction of sp³-hybridized carbons (Fsp3) is 0.955. The Hall–Kier alpha value is -0.690. The number of carbonyl (C=O) groups is 1. The largest absolute Gasteiger partial charge is 0.462 e. The van der Waals surface area contributed by atoms with E-state index in [4.69, 9.17) is 18.9 Å². The van der Waals surface area contributed by atoms with Gasteiger partial charge < -0.3 is 23.8 Å². The molecule has 28 heavy (non-hydrogen) atoms. The van der Waals surface area contributed by atoms with Gasteiger partial charge in [-0.1, -0.05) is 20.3 Å². The van der Waals surface area contributed by atoms with E-state index in [0.29, 0.717) is 19.1 Å². The van der Waals surface area contributed by atoms with Crippen LogP contribution >= 0.6 is 0 Å². The molecule has 2 spiro atoms. The van der Waals surface area contributed by atoms with E-state index in [-0.39, 0.29) is 46.8 Å². The normalized spacial score (nSPS) is 52.1. The van der Waals surface area contributed by atoms with E-state index in [2.05, 4.69) is 18.7 Å². The lowest BCUT2D eigenvalue weighted by Gasteiger charge is -2.49. The molecular formula is C22H33NO5. The second kappa shape index (κ2) is 5.93. The average Bonchev–Trinajstić information content (AvgIpc) is 3.16. The predicted octanol–water partition coefficient (Wildman–Crippen LogP) is 2.35. The van der Waals surface area contributed by atoms with Crippen molar-refractivity contribution in [1.29, 1.82) is 0 Å². The van der Waals surface area contributed by atoms with E-state index in [1.165, 1.54) is 19.3 Å². The third kappa shape index (κ3) is 2.32. The van der Waals surface area contributed by atoms with Gasteiger partial charge in [0.15, 0.2) is 5.79 Å². The van der Waals surface area contributed by atoms with Gasteiger partial charge in [-0.25, -0.2) is 0 Å². The van der Waals surface area contributed by atoms with Crippen molar-refractivity contribution < 1.29 is 23.7 Å². The summed E-state index contributed by atoms with van der Waals surface area (Å²) in [6, 6.07) is 0. The Morgan fingerprint density at radius 1 is 1.14 bits per heavy atom. The van der Waals surface area contributed by atoms with Gasteiger partial charge in [0.2, 0.25) is 0 Å². The van der Waals surface area contributed by atoms with E-state index in [0.717, 1.165) is 38.9 Å². The first-order valence-corrected chi connectivity index (χ1v) is 11.4. The number of hydrogen-bond donors (Lipinski definition) is 0. The molecule has 6 aliphatic rings. The monoisotopic (exact) mass is 391 g/mol. The molecule has 4 saturated heterocycles. The summed E-state index contributed by atoms with van der Waals surface area (Å²) in [5, 5.41) is 0. The van der Waals surface area contributed by atoms with Crippen LogP contribution in [0.15, 0.2) is 0 Å². The number of piperidine rings is 1. The van der Waals surface area contributed by atoms with Gasteiger partial charge in [0.25, 0.3) is 0 Å². The molecule has 0 unspecified atom stereocenters. The second-order valence-electron chi connectivity index (χ2n) is 10.5. The number of carbonyl (C=O) groups excluding carboxylic acids is 1. The van der Waals surface area contributed by atoms with Crippen LogP contribution in [0, 0.1) is 23.2 Å². The van der Waals surface area contributed by atoms with Crippen LogP contribution in [0.1, 0.15) is 52.4 Å². The van der Waals surface area contributed by atoms with Crippen molar-refractivity contribution in [2.45, 2.75) is 76.0 Å². The Morgan fingerprint density at radius 3 is 2.64 bits per heavy atom. The zero-order chi connectivity index (χ0) is 19.1. The van der Waals surface area contributed by atoms with Gasteiger partial charge >= 0.3 is 5.97 Å². The molecule has 4 aliphatic heterocycles. The molecule has 156 valence electrons. The fourth-order valence-electron chi connectivity index (χ4n) is 7.58. The molecule has 0 amide bonds. The number of fused-ring (bicyclic) bond motifs is 2. The molecule has 6 fully saturated rings. The van der Waals surface area contributed by atoms with E-state index in [1.807, 2.05) is 0 Å². The van der Waals surface area contributed by atoms with Crippen molar-refractivity contribution in [2.24, 2.45) is 23.2 Å². The lowest BCUT2D eigenvalue weighted by molar-refractivity contribution is -0.186. The quantitative estimate of drug-likeness (QED) is 0.532. The minimum atomic E-state index is -0.358. The molecular weight excluding hydrogens is 358 g/mol. The summed E-state index contributed by atoms with van der Waals surface area (Å²) >= 11 is 0. The maximum Gasteiger partial charge on any atom is 0.311 e. The van der Waals surface area contributed by atoms with Crippen molar-refractivity contribution in [3.63, 3.8) is 0 Å². The molecule has 0 aromatic heterocycles. The Bertz CT molecular complexity index is 668. The van der Waals surface area contributed by atoms with Crippen molar-refractivity contribution >= 4 is 5.97 Å². The first-order valence-electron chi connectivity index (χ1n) is 11.4. The number of rotatable bonds is 2. The van der Waals surface area contributed by atoms with Crippen LogP contribution in [0.4, 0.5) is 0 Å². The van der Waals surface area contributed by atoms with Gasteiger partial charge in [-0.3, -0.25) is 4.79 Å². The van der Waals surface area contributed by atoms with Crippen molar-refractivity contribution in [3.8, 4) is 0 Å². The minimum absolute atomic E-state index is 0.00384. The number of epoxide rings is 1. The maximum atomic E-state index is 12.9. The van der Waals surface area contributed by atoms with Crippen LogP contribution in [0.2, 0.25) is 0 Å². The lowest BCUT2D eigenvalue weighted by Crippen LogP contribution is -2.55. The molecule has 0 aromatic rings. The zero-order valence-electron chi connectivity index (χ0n) is 17.2. The highest BCUT2D eigenvalue weighted by atomic mass is 16.7. The second-order valence-corrected chi connectivity index (χ2v) is 10.5. The van der Waals surface area contributed by atoms with Crippen LogP contribution in [0.3, 0.4) is 0 Å². The van der Waals surface area contributed by atoms with Crippen molar-refractivity contribution in [1.82, 2.24) is 4.90 Å². The van der Waals surface area contributed by atoms with Crippen molar-refractivity contribution in [2.75, 3.05) is 32.8 Å².